The van der Waals surface area contributed by atoms with Crippen LogP contribution >= 0.6 is 12.4 Å². The van der Waals surface area contributed by atoms with E-state index in [9.17, 15) is 9.59 Å². The Labute approximate surface area is 154 Å². The van der Waals surface area contributed by atoms with Crippen LogP contribution in [0.25, 0.3) is 0 Å². The number of piperidine rings is 1. The smallest absolute Gasteiger partial charge is 0.227 e. The summed E-state index contributed by atoms with van der Waals surface area (Å²) in [5.41, 5.74) is 0.811. The molecule has 2 saturated heterocycles. The Kier molecular flexibility index (Phi) is 6.67. The molecule has 1 aromatic rings. The van der Waals surface area contributed by atoms with Gasteiger partial charge in [0.05, 0.1) is 13.0 Å². The minimum absolute atomic E-state index is 0. The quantitative estimate of drug-likeness (QED) is 0.847. The van der Waals surface area contributed by atoms with Crippen molar-refractivity contribution in [2.24, 2.45) is 11.8 Å². The Morgan fingerprint density at radius 1 is 1.32 bits per heavy atom. The van der Waals surface area contributed by atoms with Gasteiger partial charge in [0.1, 0.15) is 5.75 Å². The second kappa shape index (κ2) is 8.54. The zero-order chi connectivity index (χ0) is 17.1. The molecule has 0 saturated carbocycles. The molecule has 0 aromatic heterocycles. The molecule has 2 aliphatic heterocycles. The molecule has 2 heterocycles. The number of carbonyl (C=O) groups excluding carboxylic acids is 2. The Hall–Kier alpha value is -1.79. The van der Waals surface area contributed by atoms with Crippen LogP contribution < -0.4 is 20.3 Å². The molecule has 2 aliphatic rings. The average molecular weight is 368 g/mol. The third-order valence-electron chi connectivity index (χ3n) is 4.99. The monoisotopic (exact) mass is 367 g/mol. The van der Waals surface area contributed by atoms with E-state index >= 15 is 0 Å². The van der Waals surface area contributed by atoms with E-state index in [0.29, 0.717) is 12.5 Å². The van der Waals surface area contributed by atoms with E-state index in [-0.39, 0.29) is 42.6 Å². The molecule has 1 aromatic carbocycles. The molecule has 6 nitrogen and oxygen atoms in total. The van der Waals surface area contributed by atoms with E-state index in [4.69, 9.17) is 4.74 Å². The van der Waals surface area contributed by atoms with Crippen molar-refractivity contribution in [1.29, 1.82) is 0 Å². The molecule has 0 radical (unpaired) electrons. The van der Waals surface area contributed by atoms with Crippen LogP contribution in [0.5, 0.6) is 5.75 Å². The number of benzene rings is 1. The molecule has 0 aliphatic carbocycles. The van der Waals surface area contributed by atoms with Crippen LogP contribution in [0.3, 0.4) is 0 Å². The number of hydrogen-bond donors (Lipinski definition) is 2. The third-order valence-corrected chi connectivity index (χ3v) is 4.99. The first-order valence-electron chi connectivity index (χ1n) is 8.54. The number of anilines is 1. The predicted molar refractivity (Wildman–Crippen MR) is 99.3 cm³/mol. The van der Waals surface area contributed by atoms with Gasteiger partial charge < -0.3 is 20.3 Å². The number of carbonyl (C=O) groups is 2. The number of halogens is 1. The van der Waals surface area contributed by atoms with Crippen LogP contribution in [-0.2, 0) is 9.59 Å². The maximum absolute atomic E-state index is 12.6. The van der Waals surface area contributed by atoms with Gasteiger partial charge in [-0.1, -0.05) is 6.92 Å². The minimum atomic E-state index is -0.276. The van der Waals surface area contributed by atoms with Crippen molar-refractivity contribution in [1.82, 2.24) is 10.6 Å². The first kappa shape index (κ1) is 19.5. The zero-order valence-electron chi connectivity index (χ0n) is 14.7. The van der Waals surface area contributed by atoms with Gasteiger partial charge in [-0.15, -0.1) is 12.4 Å². The third kappa shape index (κ3) is 4.44. The highest BCUT2D eigenvalue weighted by Crippen LogP contribution is 2.27. The van der Waals surface area contributed by atoms with Crippen LogP contribution in [0.2, 0.25) is 0 Å². The van der Waals surface area contributed by atoms with Crippen molar-refractivity contribution < 1.29 is 14.3 Å². The lowest BCUT2D eigenvalue weighted by atomic mass is 9.94. The Morgan fingerprint density at radius 2 is 2.04 bits per heavy atom. The molecule has 3 rings (SSSR count). The number of hydrogen-bond acceptors (Lipinski definition) is 4. The Bertz CT molecular complexity index is 608. The zero-order valence-corrected chi connectivity index (χ0v) is 15.5. The van der Waals surface area contributed by atoms with Gasteiger partial charge in [-0.05, 0) is 49.7 Å². The van der Waals surface area contributed by atoms with Crippen molar-refractivity contribution >= 4 is 29.9 Å². The molecule has 138 valence electrons. The summed E-state index contributed by atoms with van der Waals surface area (Å²) in [5, 5.41) is 6.47. The van der Waals surface area contributed by atoms with Crippen LogP contribution in [0, 0.1) is 11.8 Å². The highest BCUT2D eigenvalue weighted by Gasteiger charge is 2.36. The Balaban J connectivity index is 0.00000225. The molecule has 2 amide bonds. The van der Waals surface area contributed by atoms with Gasteiger partial charge >= 0.3 is 0 Å². The number of nitrogens with one attached hydrogen (secondary N) is 2. The topological polar surface area (TPSA) is 70.7 Å². The molecular formula is C18H26ClN3O3. The molecule has 3 atom stereocenters. The fraction of sp³-hybridized carbons (Fsp3) is 0.556. The van der Waals surface area contributed by atoms with Crippen molar-refractivity contribution in [3.63, 3.8) is 0 Å². The van der Waals surface area contributed by atoms with E-state index in [0.717, 1.165) is 30.9 Å². The first-order chi connectivity index (χ1) is 11.6. The maximum Gasteiger partial charge on any atom is 0.227 e. The summed E-state index contributed by atoms with van der Waals surface area (Å²) in [6, 6.07) is 7.56. The summed E-state index contributed by atoms with van der Waals surface area (Å²) in [7, 11) is 1.61. The number of ether oxygens (including phenoxy) is 1. The van der Waals surface area contributed by atoms with E-state index in [1.807, 2.05) is 24.3 Å². The second-order valence-electron chi connectivity index (χ2n) is 6.69. The molecule has 0 spiro atoms. The lowest BCUT2D eigenvalue weighted by Crippen LogP contribution is -2.50. The van der Waals surface area contributed by atoms with Crippen molar-refractivity contribution in [2.75, 3.05) is 31.6 Å². The first-order valence-corrected chi connectivity index (χ1v) is 8.54. The van der Waals surface area contributed by atoms with Crippen molar-refractivity contribution in [3.05, 3.63) is 24.3 Å². The normalized spacial score (nSPS) is 26.1. The van der Waals surface area contributed by atoms with Crippen molar-refractivity contribution in [2.45, 2.75) is 25.8 Å². The molecule has 25 heavy (non-hydrogen) atoms. The molecule has 2 fully saturated rings. The van der Waals surface area contributed by atoms with Gasteiger partial charge in [0.25, 0.3) is 0 Å². The number of methoxy groups -OCH3 is 1. The lowest BCUT2D eigenvalue weighted by molar-refractivity contribution is -0.127. The summed E-state index contributed by atoms with van der Waals surface area (Å²) in [4.78, 5) is 26.5. The number of rotatable bonds is 4. The van der Waals surface area contributed by atoms with Gasteiger partial charge in [-0.2, -0.15) is 0 Å². The average Bonchev–Trinajstić information content (AvgIpc) is 2.99. The summed E-state index contributed by atoms with van der Waals surface area (Å²) in [6.45, 7) is 4.43. The van der Waals surface area contributed by atoms with Crippen LogP contribution in [0.1, 0.15) is 19.8 Å². The number of amides is 2. The number of nitrogens with zero attached hydrogens (tertiary/aromatic N) is 1. The predicted octanol–water partition coefficient (Wildman–Crippen LogP) is 1.58. The molecular weight excluding hydrogens is 342 g/mol. The standard InChI is InChI=1S/C18H25N3O3.ClH/c1-12-10-19-8-7-16(12)20-18(23)13-9-17(22)21(11-13)14-3-5-15(24-2)6-4-14;/h3-6,12-13,16,19H,7-11H2,1-2H3,(H,20,23);1H. The fourth-order valence-corrected chi connectivity index (χ4v) is 3.42. The largest absolute Gasteiger partial charge is 0.497 e. The van der Waals surface area contributed by atoms with Crippen LogP contribution in [0.15, 0.2) is 24.3 Å². The highest BCUT2D eigenvalue weighted by molar-refractivity contribution is 6.00. The van der Waals surface area contributed by atoms with Gasteiger partial charge in [-0.25, -0.2) is 0 Å². The Morgan fingerprint density at radius 3 is 2.68 bits per heavy atom. The van der Waals surface area contributed by atoms with Gasteiger partial charge in [0.2, 0.25) is 11.8 Å². The van der Waals surface area contributed by atoms with Crippen LogP contribution in [-0.4, -0.2) is 44.6 Å². The lowest BCUT2D eigenvalue weighted by Gasteiger charge is -2.31. The van der Waals surface area contributed by atoms with Gasteiger partial charge in [0, 0.05) is 24.7 Å². The van der Waals surface area contributed by atoms with E-state index in [1.54, 1.807) is 12.0 Å². The van der Waals surface area contributed by atoms with E-state index in [2.05, 4.69) is 17.6 Å². The summed E-state index contributed by atoms with van der Waals surface area (Å²) >= 11 is 0. The summed E-state index contributed by atoms with van der Waals surface area (Å²) in [6.07, 6.45) is 1.22. The molecule has 3 unspecified atom stereocenters. The highest BCUT2D eigenvalue weighted by atomic mass is 35.5. The molecule has 7 heteroatoms. The van der Waals surface area contributed by atoms with E-state index in [1.165, 1.54) is 0 Å². The second-order valence-corrected chi connectivity index (χ2v) is 6.69. The maximum atomic E-state index is 12.6. The van der Waals surface area contributed by atoms with Gasteiger partial charge in [0.15, 0.2) is 0 Å². The SMILES string of the molecule is COc1ccc(N2CC(C(=O)NC3CCNCC3C)CC2=O)cc1.Cl. The minimum Gasteiger partial charge on any atom is -0.497 e. The fourth-order valence-electron chi connectivity index (χ4n) is 3.42. The molecule has 2 N–H and O–H groups in total. The summed E-state index contributed by atoms with van der Waals surface area (Å²) < 4.78 is 5.14. The van der Waals surface area contributed by atoms with Gasteiger partial charge in [-0.3, -0.25) is 9.59 Å². The summed E-state index contributed by atoms with van der Waals surface area (Å²) in [5.74, 6) is 0.885. The van der Waals surface area contributed by atoms with Crippen LogP contribution in [0.4, 0.5) is 5.69 Å². The van der Waals surface area contributed by atoms with E-state index < -0.39 is 0 Å². The molecule has 0 bridgehead atoms. The van der Waals surface area contributed by atoms with Crippen molar-refractivity contribution in [3.8, 4) is 5.75 Å².